The van der Waals surface area contributed by atoms with Crippen LogP contribution in [0.2, 0.25) is 0 Å². The van der Waals surface area contributed by atoms with E-state index in [1.165, 1.54) is 17.7 Å². The predicted octanol–water partition coefficient (Wildman–Crippen LogP) is 2.82. The molecule has 0 saturated carbocycles. The standard InChI is InChI=1S/C16H14N4O2S/c21-16(20-7-6-12(8-20)14-17-10-22-19-14)13-9-23-15(18-13)11-4-2-1-3-5-11/h1-5,9-10,12H,6-8H2/t12-/m0/s1. The number of likely N-dealkylation sites (tertiary alicyclic amines) is 1. The highest BCUT2D eigenvalue weighted by Crippen LogP contribution is 2.28. The van der Waals surface area contributed by atoms with Gasteiger partial charge in [-0.05, 0) is 6.42 Å². The molecule has 3 heterocycles. The summed E-state index contributed by atoms with van der Waals surface area (Å²) in [6.07, 6.45) is 2.17. The van der Waals surface area contributed by atoms with Crippen LogP contribution in [-0.2, 0) is 0 Å². The Kier molecular flexibility index (Phi) is 3.63. The van der Waals surface area contributed by atoms with E-state index in [1.807, 2.05) is 40.6 Å². The van der Waals surface area contributed by atoms with Gasteiger partial charge in [0.15, 0.2) is 5.82 Å². The average molecular weight is 326 g/mol. The van der Waals surface area contributed by atoms with Gasteiger partial charge in [-0.3, -0.25) is 4.79 Å². The Morgan fingerprint density at radius 1 is 1.30 bits per heavy atom. The van der Waals surface area contributed by atoms with Crippen molar-refractivity contribution in [1.82, 2.24) is 20.0 Å². The summed E-state index contributed by atoms with van der Waals surface area (Å²) in [5.41, 5.74) is 1.53. The third-order valence-corrected chi connectivity index (χ3v) is 4.85. The van der Waals surface area contributed by atoms with E-state index in [2.05, 4.69) is 15.1 Å². The molecule has 0 aliphatic carbocycles. The lowest BCUT2D eigenvalue weighted by Gasteiger charge is -2.14. The third kappa shape index (κ3) is 2.75. The molecule has 1 aliphatic rings. The lowest BCUT2D eigenvalue weighted by Crippen LogP contribution is -2.28. The van der Waals surface area contributed by atoms with E-state index in [0.29, 0.717) is 24.6 Å². The SMILES string of the molecule is O=C(c1csc(-c2ccccc2)n1)N1CC[C@H](c2ncon2)C1. The molecule has 7 heteroatoms. The zero-order valence-corrected chi connectivity index (χ0v) is 13.1. The van der Waals surface area contributed by atoms with Crippen LogP contribution >= 0.6 is 11.3 Å². The summed E-state index contributed by atoms with van der Waals surface area (Å²) in [6.45, 7) is 1.30. The maximum atomic E-state index is 12.6. The fraction of sp³-hybridized carbons (Fsp3) is 0.250. The molecular weight excluding hydrogens is 312 g/mol. The number of rotatable bonds is 3. The Morgan fingerprint density at radius 2 is 2.17 bits per heavy atom. The van der Waals surface area contributed by atoms with E-state index in [9.17, 15) is 4.79 Å². The number of thiazole rings is 1. The van der Waals surface area contributed by atoms with E-state index in [0.717, 1.165) is 17.0 Å². The number of nitrogens with zero attached hydrogens (tertiary/aromatic N) is 4. The van der Waals surface area contributed by atoms with Gasteiger partial charge in [-0.2, -0.15) is 4.98 Å². The monoisotopic (exact) mass is 326 g/mol. The van der Waals surface area contributed by atoms with Crippen LogP contribution in [0, 0.1) is 0 Å². The first-order valence-electron chi connectivity index (χ1n) is 7.38. The highest BCUT2D eigenvalue weighted by molar-refractivity contribution is 7.13. The number of hydrogen-bond donors (Lipinski definition) is 0. The molecule has 1 aromatic carbocycles. The molecular formula is C16H14N4O2S. The minimum atomic E-state index is -0.0329. The van der Waals surface area contributed by atoms with Gasteiger partial charge in [0.1, 0.15) is 10.7 Å². The molecule has 4 rings (SSSR count). The summed E-state index contributed by atoms with van der Waals surface area (Å²) >= 11 is 1.49. The maximum Gasteiger partial charge on any atom is 0.273 e. The second-order valence-electron chi connectivity index (χ2n) is 5.43. The second-order valence-corrected chi connectivity index (χ2v) is 6.29. The maximum absolute atomic E-state index is 12.6. The molecule has 1 atom stereocenters. The average Bonchev–Trinajstić information content (AvgIpc) is 3.35. The normalized spacial score (nSPS) is 17.6. The summed E-state index contributed by atoms with van der Waals surface area (Å²) in [7, 11) is 0. The van der Waals surface area contributed by atoms with Crippen molar-refractivity contribution >= 4 is 17.2 Å². The van der Waals surface area contributed by atoms with Crippen molar-refractivity contribution in [2.45, 2.75) is 12.3 Å². The van der Waals surface area contributed by atoms with Crippen molar-refractivity contribution < 1.29 is 9.32 Å². The van der Waals surface area contributed by atoms with Crippen LogP contribution in [0.3, 0.4) is 0 Å². The lowest BCUT2D eigenvalue weighted by atomic mass is 10.1. The first-order chi connectivity index (χ1) is 11.3. The highest BCUT2D eigenvalue weighted by Gasteiger charge is 2.31. The number of benzene rings is 1. The number of aromatic nitrogens is 3. The Morgan fingerprint density at radius 3 is 2.96 bits per heavy atom. The first kappa shape index (κ1) is 14.1. The zero-order chi connectivity index (χ0) is 15.6. The quantitative estimate of drug-likeness (QED) is 0.740. The molecule has 3 aromatic rings. The first-order valence-corrected chi connectivity index (χ1v) is 8.26. The molecule has 2 aromatic heterocycles. The van der Waals surface area contributed by atoms with Gasteiger partial charge < -0.3 is 9.42 Å². The molecule has 0 unspecified atom stereocenters. The predicted molar refractivity (Wildman–Crippen MR) is 85.1 cm³/mol. The van der Waals surface area contributed by atoms with Crippen LogP contribution in [-0.4, -0.2) is 39.0 Å². The molecule has 0 spiro atoms. The van der Waals surface area contributed by atoms with Crippen molar-refractivity contribution in [1.29, 1.82) is 0 Å². The van der Waals surface area contributed by atoms with Gasteiger partial charge in [0.25, 0.3) is 5.91 Å². The molecule has 1 aliphatic heterocycles. The molecule has 0 radical (unpaired) electrons. The fourth-order valence-electron chi connectivity index (χ4n) is 2.76. The summed E-state index contributed by atoms with van der Waals surface area (Å²) < 4.78 is 4.78. The third-order valence-electron chi connectivity index (χ3n) is 3.96. The van der Waals surface area contributed by atoms with Crippen molar-refractivity contribution in [2.24, 2.45) is 0 Å². The molecule has 0 bridgehead atoms. The zero-order valence-electron chi connectivity index (χ0n) is 12.3. The number of carbonyl (C=O) groups is 1. The van der Waals surface area contributed by atoms with Crippen LogP contribution in [0.5, 0.6) is 0 Å². The smallest absolute Gasteiger partial charge is 0.273 e. The highest BCUT2D eigenvalue weighted by atomic mass is 32.1. The Balaban J connectivity index is 1.49. The molecule has 1 fully saturated rings. The van der Waals surface area contributed by atoms with Crippen molar-refractivity contribution in [2.75, 3.05) is 13.1 Å². The van der Waals surface area contributed by atoms with Gasteiger partial charge in [-0.25, -0.2) is 4.98 Å². The molecule has 0 N–H and O–H groups in total. The van der Waals surface area contributed by atoms with Crippen molar-refractivity contribution in [3.63, 3.8) is 0 Å². The van der Waals surface area contributed by atoms with Gasteiger partial charge in [0.05, 0.1) is 0 Å². The van der Waals surface area contributed by atoms with Gasteiger partial charge in [0.2, 0.25) is 6.39 Å². The van der Waals surface area contributed by atoms with E-state index in [4.69, 9.17) is 4.52 Å². The van der Waals surface area contributed by atoms with Crippen LogP contribution in [0.1, 0.15) is 28.7 Å². The van der Waals surface area contributed by atoms with Crippen LogP contribution in [0.15, 0.2) is 46.6 Å². The fourth-order valence-corrected chi connectivity index (χ4v) is 3.56. The minimum Gasteiger partial charge on any atom is -0.343 e. The molecule has 6 nitrogen and oxygen atoms in total. The van der Waals surface area contributed by atoms with E-state index >= 15 is 0 Å². The molecule has 1 amide bonds. The Hall–Kier alpha value is -2.54. The van der Waals surface area contributed by atoms with E-state index in [1.54, 1.807) is 0 Å². The van der Waals surface area contributed by atoms with Gasteiger partial charge in [-0.15, -0.1) is 11.3 Å². The van der Waals surface area contributed by atoms with Gasteiger partial charge in [-0.1, -0.05) is 35.5 Å². The van der Waals surface area contributed by atoms with Crippen molar-refractivity contribution in [3.05, 3.63) is 53.6 Å². The summed E-state index contributed by atoms with van der Waals surface area (Å²) in [4.78, 5) is 23.0. The summed E-state index contributed by atoms with van der Waals surface area (Å²) in [5, 5.41) is 6.56. The topological polar surface area (TPSA) is 72.1 Å². The lowest BCUT2D eigenvalue weighted by molar-refractivity contribution is 0.0785. The van der Waals surface area contributed by atoms with Crippen LogP contribution < -0.4 is 0 Å². The van der Waals surface area contributed by atoms with Crippen LogP contribution in [0.25, 0.3) is 10.6 Å². The minimum absolute atomic E-state index is 0.0329. The van der Waals surface area contributed by atoms with Gasteiger partial charge >= 0.3 is 0 Å². The number of amides is 1. The Labute approximate surface area is 136 Å². The Bertz CT molecular complexity index is 801. The largest absolute Gasteiger partial charge is 0.343 e. The number of carbonyl (C=O) groups excluding carboxylic acids is 1. The summed E-state index contributed by atoms with van der Waals surface area (Å²) in [6, 6.07) is 9.89. The van der Waals surface area contributed by atoms with E-state index in [-0.39, 0.29) is 11.8 Å². The molecule has 1 saturated heterocycles. The van der Waals surface area contributed by atoms with Crippen molar-refractivity contribution in [3.8, 4) is 10.6 Å². The second kappa shape index (κ2) is 5.92. The number of hydrogen-bond acceptors (Lipinski definition) is 6. The molecule has 116 valence electrons. The van der Waals surface area contributed by atoms with Crippen LogP contribution in [0.4, 0.5) is 0 Å². The molecule has 23 heavy (non-hydrogen) atoms. The van der Waals surface area contributed by atoms with E-state index < -0.39 is 0 Å². The van der Waals surface area contributed by atoms with Gasteiger partial charge in [0, 0.05) is 30.0 Å². The summed E-state index contributed by atoms with van der Waals surface area (Å²) in [5.74, 6) is 0.780.